The largest absolute Gasteiger partial charge is 0.491 e. The van der Waals surface area contributed by atoms with Gasteiger partial charge in [0.1, 0.15) is 24.2 Å². The minimum atomic E-state index is -0.597. The maximum atomic E-state index is 10.6. The third kappa shape index (κ3) is 6.21. The standard InChI is InChI=1S/C25H31NO3/c1-4-21-10-12-22(13-11-21)15-26(17-24-8-6-14-28-24)16-23(27)18-29-25-9-5-7-19(2)20(25)3/h5-14,23,27H,4,15-18H2,1-3H3. The van der Waals surface area contributed by atoms with Crippen LogP contribution in [0.1, 0.15) is 34.9 Å². The SMILES string of the molecule is CCc1ccc(CN(Cc2ccco2)CC(O)COc2cccc(C)c2C)cc1. The van der Waals surface area contributed by atoms with E-state index in [0.717, 1.165) is 30.0 Å². The van der Waals surface area contributed by atoms with Crippen molar-refractivity contribution in [3.05, 3.63) is 88.9 Å². The number of rotatable bonds is 10. The first kappa shape index (κ1) is 21.2. The smallest absolute Gasteiger partial charge is 0.122 e. The topological polar surface area (TPSA) is 45.8 Å². The van der Waals surface area contributed by atoms with E-state index in [0.29, 0.717) is 13.1 Å². The van der Waals surface area contributed by atoms with Gasteiger partial charge >= 0.3 is 0 Å². The third-order valence-corrected chi connectivity index (χ3v) is 5.25. The Labute approximate surface area is 173 Å². The molecule has 0 aliphatic rings. The Morgan fingerprint density at radius 1 is 0.966 bits per heavy atom. The highest BCUT2D eigenvalue weighted by Gasteiger charge is 2.15. The minimum absolute atomic E-state index is 0.258. The van der Waals surface area contributed by atoms with E-state index in [9.17, 15) is 5.11 Å². The summed E-state index contributed by atoms with van der Waals surface area (Å²) in [6.07, 6.45) is 2.12. The molecule has 1 N–H and O–H groups in total. The van der Waals surface area contributed by atoms with Crippen molar-refractivity contribution in [2.24, 2.45) is 0 Å². The lowest BCUT2D eigenvalue weighted by Gasteiger charge is -2.25. The van der Waals surface area contributed by atoms with Gasteiger partial charge in [-0.15, -0.1) is 0 Å². The van der Waals surface area contributed by atoms with Crippen molar-refractivity contribution >= 4 is 0 Å². The molecule has 0 aliphatic heterocycles. The lowest BCUT2D eigenvalue weighted by atomic mass is 10.1. The molecule has 0 fully saturated rings. The average Bonchev–Trinajstić information content (AvgIpc) is 3.22. The molecular weight excluding hydrogens is 362 g/mol. The normalized spacial score (nSPS) is 12.3. The van der Waals surface area contributed by atoms with Gasteiger partial charge in [-0.3, -0.25) is 4.90 Å². The molecule has 154 valence electrons. The summed E-state index contributed by atoms with van der Waals surface area (Å²) < 4.78 is 11.4. The molecule has 29 heavy (non-hydrogen) atoms. The number of nitrogens with zero attached hydrogens (tertiary/aromatic N) is 1. The van der Waals surface area contributed by atoms with Gasteiger partial charge in [0, 0.05) is 13.1 Å². The van der Waals surface area contributed by atoms with Crippen molar-refractivity contribution in [3.63, 3.8) is 0 Å². The number of hydrogen-bond donors (Lipinski definition) is 1. The molecule has 4 heteroatoms. The zero-order valence-corrected chi connectivity index (χ0v) is 17.6. The van der Waals surface area contributed by atoms with E-state index in [1.54, 1.807) is 6.26 Å². The van der Waals surface area contributed by atoms with E-state index in [-0.39, 0.29) is 6.61 Å². The molecule has 0 spiro atoms. The van der Waals surface area contributed by atoms with E-state index in [1.165, 1.54) is 16.7 Å². The zero-order valence-electron chi connectivity index (χ0n) is 17.6. The second kappa shape index (κ2) is 10.3. The number of hydrogen-bond acceptors (Lipinski definition) is 4. The molecule has 0 amide bonds. The van der Waals surface area contributed by atoms with Crippen LogP contribution in [0.3, 0.4) is 0 Å². The molecule has 0 saturated carbocycles. The number of ether oxygens (including phenoxy) is 1. The monoisotopic (exact) mass is 393 g/mol. The van der Waals surface area contributed by atoms with Crippen molar-refractivity contribution in [2.45, 2.75) is 46.4 Å². The molecule has 1 atom stereocenters. The van der Waals surface area contributed by atoms with Gasteiger partial charge in [-0.1, -0.05) is 43.3 Å². The van der Waals surface area contributed by atoms with E-state index in [1.807, 2.05) is 31.2 Å². The Morgan fingerprint density at radius 2 is 1.72 bits per heavy atom. The van der Waals surface area contributed by atoms with Crippen molar-refractivity contribution in [1.29, 1.82) is 0 Å². The summed E-state index contributed by atoms with van der Waals surface area (Å²) in [7, 11) is 0. The zero-order chi connectivity index (χ0) is 20.6. The van der Waals surface area contributed by atoms with Crippen molar-refractivity contribution in [3.8, 4) is 5.75 Å². The molecule has 3 aromatic rings. The van der Waals surface area contributed by atoms with Gasteiger partial charge in [0.2, 0.25) is 0 Å². The molecule has 1 heterocycles. The van der Waals surface area contributed by atoms with E-state index in [2.05, 4.69) is 49.1 Å². The summed E-state index contributed by atoms with van der Waals surface area (Å²) in [6, 6.07) is 18.5. The van der Waals surface area contributed by atoms with Crippen molar-refractivity contribution in [2.75, 3.05) is 13.2 Å². The fraction of sp³-hybridized carbons (Fsp3) is 0.360. The summed E-state index contributed by atoms with van der Waals surface area (Å²) in [4.78, 5) is 2.19. The van der Waals surface area contributed by atoms with Crippen LogP contribution in [-0.4, -0.2) is 29.3 Å². The minimum Gasteiger partial charge on any atom is -0.491 e. The van der Waals surface area contributed by atoms with E-state index >= 15 is 0 Å². The van der Waals surface area contributed by atoms with Crippen LogP contribution < -0.4 is 4.74 Å². The molecule has 0 aliphatic carbocycles. The highest BCUT2D eigenvalue weighted by atomic mass is 16.5. The molecule has 1 unspecified atom stereocenters. The lowest BCUT2D eigenvalue weighted by molar-refractivity contribution is 0.0602. The Morgan fingerprint density at radius 3 is 2.41 bits per heavy atom. The summed E-state index contributed by atoms with van der Waals surface area (Å²) in [5, 5.41) is 10.6. The van der Waals surface area contributed by atoms with E-state index in [4.69, 9.17) is 9.15 Å². The van der Waals surface area contributed by atoms with Crippen LogP contribution in [0, 0.1) is 13.8 Å². The predicted octanol–water partition coefficient (Wildman–Crippen LogP) is 4.90. The number of furan rings is 1. The van der Waals surface area contributed by atoms with Gasteiger partial charge in [-0.05, 0) is 60.7 Å². The Balaban J connectivity index is 1.62. The van der Waals surface area contributed by atoms with Gasteiger partial charge in [0.05, 0.1) is 12.8 Å². The maximum Gasteiger partial charge on any atom is 0.122 e. The summed E-state index contributed by atoms with van der Waals surface area (Å²) >= 11 is 0. The fourth-order valence-electron chi connectivity index (χ4n) is 3.36. The van der Waals surface area contributed by atoms with Gasteiger partial charge < -0.3 is 14.3 Å². The van der Waals surface area contributed by atoms with Crippen LogP contribution in [0.25, 0.3) is 0 Å². The summed E-state index contributed by atoms with van der Waals surface area (Å²) in [5.74, 6) is 1.72. The van der Waals surface area contributed by atoms with E-state index < -0.39 is 6.10 Å². The number of aryl methyl sites for hydroxylation is 2. The average molecular weight is 394 g/mol. The molecule has 3 rings (SSSR count). The molecule has 1 aromatic heterocycles. The number of aliphatic hydroxyl groups excluding tert-OH is 1. The quantitative estimate of drug-likeness (QED) is 0.532. The van der Waals surface area contributed by atoms with Gasteiger partial charge in [0.15, 0.2) is 0 Å². The first-order chi connectivity index (χ1) is 14.0. The molecule has 2 aromatic carbocycles. The maximum absolute atomic E-state index is 10.6. The Kier molecular flexibility index (Phi) is 7.50. The molecular formula is C25H31NO3. The second-order valence-corrected chi connectivity index (χ2v) is 7.58. The fourth-order valence-corrected chi connectivity index (χ4v) is 3.36. The Bertz CT molecular complexity index is 872. The first-order valence-corrected chi connectivity index (χ1v) is 10.2. The number of aliphatic hydroxyl groups is 1. The molecule has 0 bridgehead atoms. The van der Waals surface area contributed by atoms with Crippen LogP contribution in [0.2, 0.25) is 0 Å². The van der Waals surface area contributed by atoms with Crippen LogP contribution in [0.4, 0.5) is 0 Å². The third-order valence-electron chi connectivity index (χ3n) is 5.25. The molecule has 4 nitrogen and oxygen atoms in total. The molecule has 0 radical (unpaired) electrons. The predicted molar refractivity (Wildman–Crippen MR) is 116 cm³/mol. The summed E-state index contributed by atoms with van der Waals surface area (Å²) in [5.41, 5.74) is 4.85. The van der Waals surface area contributed by atoms with Crippen molar-refractivity contribution < 1.29 is 14.3 Å². The van der Waals surface area contributed by atoms with Gasteiger partial charge in [0.25, 0.3) is 0 Å². The summed E-state index contributed by atoms with van der Waals surface area (Å²) in [6.45, 7) is 8.40. The van der Waals surface area contributed by atoms with Crippen LogP contribution in [0.5, 0.6) is 5.75 Å². The van der Waals surface area contributed by atoms with Crippen LogP contribution in [0.15, 0.2) is 65.3 Å². The van der Waals surface area contributed by atoms with Crippen LogP contribution in [-0.2, 0) is 19.5 Å². The molecule has 0 saturated heterocycles. The second-order valence-electron chi connectivity index (χ2n) is 7.58. The van der Waals surface area contributed by atoms with Gasteiger partial charge in [-0.25, -0.2) is 0 Å². The first-order valence-electron chi connectivity index (χ1n) is 10.2. The number of benzene rings is 2. The van der Waals surface area contributed by atoms with Gasteiger partial charge in [-0.2, -0.15) is 0 Å². The lowest BCUT2D eigenvalue weighted by Crippen LogP contribution is -2.35. The Hall–Kier alpha value is -2.56. The van der Waals surface area contributed by atoms with Crippen molar-refractivity contribution in [1.82, 2.24) is 4.90 Å². The van der Waals surface area contributed by atoms with Crippen LogP contribution >= 0.6 is 0 Å². The highest BCUT2D eigenvalue weighted by molar-refractivity contribution is 5.38. The highest BCUT2D eigenvalue weighted by Crippen LogP contribution is 2.21.